The molecule has 0 aromatic carbocycles. The normalized spacial score (nSPS) is 20.1. The van der Waals surface area contributed by atoms with E-state index < -0.39 is 10.0 Å². The molecule has 3 rings (SSSR count). The highest BCUT2D eigenvalue weighted by atomic mass is 32.2. The van der Waals surface area contributed by atoms with Gasteiger partial charge < -0.3 is 4.90 Å². The van der Waals surface area contributed by atoms with Crippen LogP contribution in [0.15, 0.2) is 17.2 Å². The highest BCUT2D eigenvalue weighted by Crippen LogP contribution is 2.23. The Hall–Kier alpha value is -1.47. The van der Waals surface area contributed by atoms with Gasteiger partial charge >= 0.3 is 0 Å². The van der Waals surface area contributed by atoms with Crippen LogP contribution in [0.2, 0.25) is 0 Å². The van der Waals surface area contributed by atoms with Gasteiger partial charge in [0.05, 0.1) is 0 Å². The number of amides is 1. The first-order valence-corrected chi connectivity index (χ1v) is 10.2. The number of aromatic nitrogens is 1. The number of hydrogen-bond donors (Lipinski definition) is 0. The van der Waals surface area contributed by atoms with Crippen molar-refractivity contribution in [3.8, 4) is 0 Å². The Morgan fingerprint density at radius 1 is 0.958 bits per heavy atom. The number of carbonyl (C=O) groups is 1. The molecule has 7 heteroatoms. The molecular formula is C17H25N3O3S. The summed E-state index contributed by atoms with van der Waals surface area (Å²) in [5.41, 5.74) is 0.828. The Morgan fingerprint density at radius 2 is 1.54 bits per heavy atom. The Bertz CT molecular complexity index is 706. The van der Waals surface area contributed by atoms with Crippen molar-refractivity contribution in [1.82, 2.24) is 14.2 Å². The molecule has 1 aromatic rings. The molecule has 0 saturated carbocycles. The lowest BCUT2D eigenvalue weighted by atomic mass is 10.1. The molecule has 0 unspecified atom stereocenters. The van der Waals surface area contributed by atoms with Crippen LogP contribution in [0.3, 0.4) is 0 Å². The van der Waals surface area contributed by atoms with Crippen LogP contribution in [-0.4, -0.2) is 54.7 Å². The van der Waals surface area contributed by atoms with E-state index in [9.17, 15) is 13.2 Å². The molecule has 1 aromatic heterocycles. The number of sulfonamides is 1. The summed E-state index contributed by atoms with van der Waals surface area (Å²) >= 11 is 0. The van der Waals surface area contributed by atoms with Crippen molar-refractivity contribution in [3.63, 3.8) is 0 Å². The number of hydrogen-bond acceptors (Lipinski definition) is 4. The molecule has 0 bridgehead atoms. The summed E-state index contributed by atoms with van der Waals surface area (Å²) in [6, 6.07) is 3.34. The minimum atomic E-state index is -3.63. The van der Waals surface area contributed by atoms with Gasteiger partial charge in [-0.2, -0.15) is 4.31 Å². The van der Waals surface area contributed by atoms with Gasteiger partial charge in [0.25, 0.3) is 15.9 Å². The maximum absolute atomic E-state index is 12.9. The predicted molar refractivity (Wildman–Crippen MR) is 91.3 cm³/mol. The second kappa shape index (κ2) is 7.19. The van der Waals surface area contributed by atoms with Gasteiger partial charge in [0.1, 0.15) is 5.69 Å². The molecular weight excluding hydrogens is 326 g/mol. The van der Waals surface area contributed by atoms with Gasteiger partial charge in [-0.3, -0.25) is 4.79 Å². The number of likely N-dealkylation sites (tertiary alicyclic amines) is 1. The van der Waals surface area contributed by atoms with Crippen molar-refractivity contribution in [3.05, 3.63) is 23.4 Å². The monoisotopic (exact) mass is 351 g/mol. The Morgan fingerprint density at radius 3 is 2.17 bits per heavy atom. The number of carbonyl (C=O) groups excluding carboxylic acids is 1. The first-order valence-electron chi connectivity index (χ1n) is 8.77. The summed E-state index contributed by atoms with van der Waals surface area (Å²) in [5.74, 6) is -0.162. The Kier molecular flexibility index (Phi) is 5.20. The van der Waals surface area contributed by atoms with Crippen LogP contribution in [0, 0.1) is 6.92 Å². The average molecular weight is 351 g/mol. The lowest BCUT2D eigenvalue weighted by Crippen LogP contribution is -2.38. The van der Waals surface area contributed by atoms with Crippen molar-refractivity contribution >= 4 is 15.9 Å². The molecule has 6 nitrogen and oxygen atoms in total. The molecule has 0 spiro atoms. The number of pyridine rings is 1. The fourth-order valence-electron chi connectivity index (χ4n) is 3.38. The molecule has 0 radical (unpaired) electrons. The summed E-state index contributed by atoms with van der Waals surface area (Å²) < 4.78 is 27.3. The molecule has 1 amide bonds. The SMILES string of the molecule is Cc1ccc(C(=O)N2CCCCC2)nc1S(=O)(=O)N1CCCCC1. The van der Waals surface area contributed by atoms with E-state index in [0.29, 0.717) is 18.7 Å². The highest BCUT2D eigenvalue weighted by molar-refractivity contribution is 7.89. The largest absolute Gasteiger partial charge is 0.337 e. The van der Waals surface area contributed by atoms with Gasteiger partial charge in [0.2, 0.25) is 0 Å². The Labute approximate surface area is 143 Å². The van der Waals surface area contributed by atoms with E-state index in [0.717, 1.165) is 51.6 Å². The van der Waals surface area contributed by atoms with Crippen LogP contribution >= 0.6 is 0 Å². The first kappa shape index (κ1) is 17.4. The predicted octanol–water partition coefficient (Wildman–Crippen LogP) is 2.19. The molecule has 132 valence electrons. The van der Waals surface area contributed by atoms with E-state index in [4.69, 9.17) is 0 Å². The molecule has 2 saturated heterocycles. The van der Waals surface area contributed by atoms with E-state index >= 15 is 0 Å². The topological polar surface area (TPSA) is 70.6 Å². The van der Waals surface area contributed by atoms with Crippen molar-refractivity contribution in [2.24, 2.45) is 0 Å². The fraction of sp³-hybridized carbons (Fsp3) is 0.647. The second-order valence-corrected chi connectivity index (χ2v) is 8.49. The van der Waals surface area contributed by atoms with Gasteiger partial charge in [-0.1, -0.05) is 12.5 Å². The molecule has 0 atom stereocenters. The minimum Gasteiger partial charge on any atom is -0.337 e. The van der Waals surface area contributed by atoms with E-state index in [1.165, 1.54) is 4.31 Å². The zero-order valence-electron chi connectivity index (χ0n) is 14.2. The number of rotatable bonds is 3. The second-order valence-electron chi connectivity index (χ2n) is 6.64. The van der Waals surface area contributed by atoms with E-state index in [2.05, 4.69) is 4.98 Å². The van der Waals surface area contributed by atoms with Crippen molar-refractivity contribution in [2.45, 2.75) is 50.5 Å². The number of nitrogens with zero attached hydrogens (tertiary/aromatic N) is 3. The van der Waals surface area contributed by atoms with Crippen LogP contribution in [0.4, 0.5) is 0 Å². The van der Waals surface area contributed by atoms with E-state index in [1.54, 1.807) is 24.0 Å². The van der Waals surface area contributed by atoms with Crippen LogP contribution in [0.1, 0.15) is 54.6 Å². The number of piperidine rings is 2. The zero-order valence-corrected chi connectivity index (χ0v) is 15.0. The molecule has 0 aliphatic carbocycles. The van der Waals surface area contributed by atoms with E-state index in [-0.39, 0.29) is 16.6 Å². The smallest absolute Gasteiger partial charge is 0.272 e. The van der Waals surface area contributed by atoms with E-state index in [1.807, 2.05) is 0 Å². The molecule has 2 aliphatic heterocycles. The van der Waals surface area contributed by atoms with Gasteiger partial charge in [-0.15, -0.1) is 0 Å². The van der Waals surface area contributed by atoms with Crippen LogP contribution in [0.5, 0.6) is 0 Å². The summed E-state index contributed by atoms with van der Waals surface area (Å²) in [6.07, 6.45) is 5.95. The van der Waals surface area contributed by atoms with Crippen LogP contribution in [-0.2, 0) is 10.0 Å². The van der Waals surface area contributed by atoms with Crippen molar-refractivity contribution < 1.29 is 13.2 Å². The summed E-state index contributed by atoms with van der Waals surface area (Å²) in [6.45, 7) is 4.26. The number of aryl methyl sites for hydroxylation is 1. The first-order chi connectivity index (χ1) is 11.5. The summed E-state index contributed by atoms with van der Waals surface area (Å²) in [5, 5.41) is 0.0345. The quantitative estimate of drug-likeness (QED) is 0.837. The third kappa shape index (κ3) is 3.47. The zero-order chi connectivity index (χ0) is 17.2. The standard InChI is InChI=1S/C17H25N3O3S/c1-14-8-9-15(17(21)19-10-4-2-5-11-19)18-16(14)24(22,23)20-12-6-3-7-13-20/h8-9H,2-7,10-13H2,1H3. The van der Waals surface area contributed by atoms with Crippen molar-refractivity contribution in [1.29, 1.82) is 0 Å². The van der Waals surface area contributed by atoms with Gasteiger partial charge in [-0.05, 0) is 50.7 Å². The van der Waals surface area contributed by atoms with Crippen LogP contribution in [0.25, 0.3) is 0 Å². The van der Waals surface area contributed by atoms with Crippen molar-refractivity contribution in [2.75, 3.05) is 26.2 Å². The molecule has 24 heavy (non-hydrogen) atoms. The Balaban J connectivity index is 1.89. The van der Waals surface area contributed by atoms with Gasteiger partial charge in [-0.25, -0.2) is 13.4 Å². The summed E-state index contributed by atoms with van der Waals surface area (Å²) in [4.78, 5) is 18.7. The molecule has 0 N–H and O–H groups in total. The highest BCUT2D eigenvalue weighted by Gasteiger charge is 2.30. The fourth-order valence-corrected chi connectivity index (χ4v) is 5.05. The summed E-state index contributed by atoms with van der Waals surface area (Å²) in [7, 11) is -3.63. The molecule has 3 heterocycles. The molecule has 2 fully saturated rings. The third-order valence-electron chi connectivity index (χ3n) is 4.81. The van der Waals surface area contributed by atoms with Gasteiger partial charge in [0, 0.05) is 26.2 Å². The third-order valence-corrected chi connectivity index (χ3v) is 6.76. The average Bonchev–Trinajstić information content (AvgIpc) is 2.63. The maximum atomic E-state index is 12.9. The lowest BCUT2D eigenvalue weighted by molar-refractivity contribution is 0.0717. The lowest BCUT2D eigenvalue weighted by Gasteiger charge is -2.27. The minimum absolute atomic E-state index is 0.0345. The molecule has 2 aliphatic rings. The van der Waals surface area contributed by atoms with Crippen LogP contribution < -0.4 is 0 Å². The maximum Gasteiger partial charge on any atom is 0.272 e. The van der Waals surface area contributed by atoms with Gasteiger partial charge in [0.15, 0.2) is 5.03 Å².